The van der Waals surface area contributed by atoms with Gasteiger partial charge >= 0.3 is 0 Å². The molecule has 0 aliphatic rings. The van der Waals surface area contributed by atoms with Crippen molar-refractivity contribution >= 4 is 23.2 Å². The van der Waals surface area contributed by atoms with Crippen LogP contribution in [0.5, 0.6) is 0 Å². The Bertz CT molecular complexity index is 717. The third-order valence-electron chi connectivity index (χ3n) is 3.12. The molecule has 1 amide bonds. The van der Waals surface area contributed by atoms with Crippen LogP contribution in [0.4, 0.5) is 5.69 Å². The van der Waals surface area contributed by atoms with Gasteiger partial charge in [-0.1, -0.05) is 17.7 Å². The van der Waals surface area contributed by atoms with E-state index >= 15 is 0 Å². The highest BCUT2D eigenvalue weighted by atomic mass is 35.5. The number of nitrogens with one attached hydrogen (secondary N) is 1. The molecule has 3 nitrogen and oxygen atoms in total. The second kappa shape index (κ2) is 5.77. The Kier molecular flexibility index (Phi) is 4.07. The molecule has 0 saturated heterocycles. The van der Waals surface area contributed by atoms with Gasteiger partial charge in [0.1, 0.15) is 0 Å². The summed E-state index contributed by atoms with van der Waals surface area (Å²) in [5, 5.41) is 11.9. The third kappa shape index (κ3) is 2.98. The van der Waals surface area contributed by atoms with E-state index in [9.17, 15) is 4.79 Å². The quantitative estimate of drug-likeness (QED) is 0.903. The number of carbonyl (C=O) groups excluding carboxylic acids is 1. The fraction of sp³-hybridized carbons (Fsp3) is 0.125. The molecule has 0 atom stereocenters. The maximum Gasteiger partial charge on any atom is 0.255 e. The zero-order chi connectivity index (χ0) is 14.7. The van der Waals surface area contributed by atoms with Crippen molar-refractivity contribution in [2.75, 3.05) is 5.32 Å². The lowest BCUT2D eigenvalue weighted by Gasteiger charge is -2.09. The summed E-state index contributed by atoms with van der Waals surface area (Å²) < 4.78 is 0. The van der Waals surface area contributed by atoms with Gasteiger partial charge < -0.3 is 5.32 Å². The van der Waals surface area contributed by atoms with E-state index in [2.05, 4.69) is 5.32 Å². The number of carbonyl (C=O) groups is 1. The first-order valence-electron chi connectivity index (χ1n) is 6.09. The van der Waals surface area contributed by atoms with Crippen molar-refractivity contribution in [2.45, 2.75) is 13.8 Å². The maximum atomic E-state index is 12.1. The van der Waals surface area contributed by atoms with Gasteiger partial charge in [0.05, 0.1) is 22.3 Å². The van der Waals surface area contributed by atoms with Gasteiger partial charge in [-0.3, -0.25) is 4.79 Å². The topological polar surface area (TPSA) is 52.9 Å². The molecule has 0 unspecified atom stereocenters. The van der Waals surface area contributed by atoms with E-state index < -0.39 is 0 Å². The van der Waals surface area contributed by atoms with Crippen LogP contribution in [0.25, 0.3) is 0 Å². The van der Waals surface area contributed by atoms with Crippen molar-refractivity contribution < 1.29 is 4.79 Å². The molecule has 0 bridgehead atoms. The summed E-state index contributed by atoms with van der Waals surface area (Å²) in [6, 6.07) is 12.3. The maximum absolute atomic E-state index is 12.1. The van der Waals surface area contributed by atoms with E-state index in [1.807, 2.05) is 32.0 Å². The van der Waals surface area contributed by atoms with E-state index in [0.29, 0.717) is 21.8 Å². The van der Waals surface area contributed by atoms with Gasteiger partial charge in [-0.15, -0.1) is 0 Å². The molecule has 0 fully saturated rings. The van der Waals surface area contributed by atoms with Crippen LogP contribution in [0.2, 0.25) is 5.02 Å². The van der Waals surface area contributed by atoms with Crippen LogP contribution in [0.1, 0.15) is 27.0 Å². The summed E-state index contributed by atoms with van der Waals surface area (Å²) in [5.41, 5.74) is 3.73. The molecule has 0 aliphatic carbocycles. The lowest BCUT2D eigenvalue weighted by atomic mass is 10.1. The number of nitriles is 1. The minimum absolute atomic E-state index is 0.222. The molecular formula is C16H13ClN2O. The molecular weight excluding hydrogens is 272 g/mol. The van der Waals surface area contributed by atoms with Gasteiger partial charge in [0.15, 0.2) is 0 Å². The minimum atomic E-state index is -0.222. The standard InChI is InChI=1S/C16H13ClN2O/c1-10-3-5-13(7-11(10)2)16(20)19-15-6-4-12(9-18)8-14(15)17/h3-8H,1-2H3,(H,19,20). The van der Waals surface area contributed by atoms with Gasteiger partial charge in [-0.05, 0) is 55.3 Å². The van der Waals surface area contributed by atoms with Crippen LogP contribution in [-0.4, -0.2) is 5.91 Å². The first-order valence-corrected chi connectivity index (χ1v) is 6.47. The number of nitrogens with zero attached hydrogens (tertiary/aromatic N) is 1. The molecule has 0 aliphatic heterocycles. The predicted molar refractivity (Wildman–Crippen MR) is 80.0 cm³/mol. The van der Waals surface area contributed by atoms with E-state index in [0.717, 1.165) is 11.1 Å². The molecule has 0 heterocycles. The van der Waals surface area contributed by atoms with Crippen molar-refractivity contribution in [2.24, 2.45) is 0 Å². The molecule has 4 heteroatoms. The van der Waals surface area contributed by atoms with Gasteiger partial charge in [0.25, 0.3) is 5.91 Å². The first kappa shape index (κ1) is 14.1. The van der Waals surface area contributed by atoms with Crippen LogP contribution in [-0.2, 0) is 0 Å². The minimum Gasteiger partial charge on any atom is -0.321 e. The average Bonchev–Trinajstić information content (AvgIpc) is 2.43. The summed E-state index contributed by atoms with van der Waals surface area (Å²) in [4.78, 5) is 12.1. The van der Waals surface area contributed by atoms with Gasteiger partial charge in [0, 0.05) is 5.56 Å². The summed E-state index contributed by atoms with van der Waals surface area (Å²) >= 11 is 6.03. The van der Waals surface area contributed by atoms with Crippen molar-refractivity contribution in [3.63, 3.8) is 0 Å². The molecule has 0 aromatic heterocycles. The Hall–Kier alpha value is -2.31. The summed E-state index contributed by atoms with van der Waals surface area (Å²) in [7, 11) is 0. The monoisotopic (exact) mass is 284 g/mol. The number of halogens is 1. The Morgan fingerprint density at radius 2 is 1.90 bits per heavy atom. The predicted octanol–water partition coefficient (Wildman–Crippen LogP) is 4.08. The molecule has 2 rings (SSSR count). The number of hydrogen-bond acceptors (Lipinski definition) is 2. The molecule has 0 spiro atoms. The molecule has 0 radical (unpaired) electrons. The zero-order valence-corrected chi connectivity index (χ0v) is 12.0. The normalized spacial score (nSPS) is 9.90. The Balaban J connectivity index is 2.23. The molecule has 2 aromatic carbocycles. The molecule has 1 N–H and O–H groups in total. The van der Waals surface area contributed by atoms with Crippen molar-refractivity contribution in [3.8, 4) is 6.07 Å². The zero-order valence-electron chi connectivity index (χ0n) is 11.2. The number of aryl methyl sites for hydroxylation is 2. The van der Waals surface area contributed by atoms with Gasteiger partial charge in [-0.25, -0.2) is 0 Å². The highest BCUT2D eigenvalue weighted by molar-refractivity contribution is 6.34. The van der Waals surface area contributed by atoms with Crippen LogP contribution >= 0.6 is 11.6 Å². The fourth-order valence-corrected chi connectivity index (χ4v) is 1.99. The van der Waals surface area contributed by atoms with Crippen molar-refractivity contribution in [1.82, 2.24) is 0 Å². The number of rotatable bonds is 2. The Morgan fingerprint density at radius 3 is 2.50 bits per heavy atom. The van der Waals surface area contributed by atoms with Crippen LogP contribution in [0, 0.1) is 25.2 Å². The largest absolute Gasteiger partial charge is 0.321 e. The van der Waals surface area contributed by atoms with E-state index in [1.165, 1.54) is 6.07 Å². The van der Waals surface area contributed by atoms with E-state index in [-0.39, 0.29) is 5.91 Å². The number of amides is 1. The first-order chi connectivity index (χ1) is 9.51. The SMILES string of the molecule is Cc1ccc(C(=O)Nc2ccc(C#N)cc2Cl)cc1C. The number of hydrogen-bond donors (Lipinski definition) is 1. The lowest BCUT2D eigenvalue weighted by Crippen LogP contribution is -2.12. The molecule has 2 aromatic rings. The van der Waals surface area contributed by atoms with E-state index in [1.54, 1.807) is 18.2 Å². The Labute approximate surface area is 122 Å². The van der Waals surface area contributed by atoms with E-state index in [4.69, 9.17) is 16.9 Å². The van der Waals surface area contributed by atoms with Crippen molar-refractivity contribution in [1.29, 1.82) is 5.26 Å². The third-order valence-corrected chi connectivity index (χ3v) is 3.43. The van der Waals surface area contributed by atoms with Crippen LogP contribution in [0.15, 0.2) is 36.4 Å². The van der Waals surface area contributed by atoms with Crippen molar-refractivity contribution in [3.05, 3.63) is 63.7 Å². The smallest absolute Gasteiger partial charge is 0.255 e. The molecule has 20 heavy (non-hydrogen) atoms. The lowest BCUT2D eigenvalue weighted by molar-refractivity contribution is 0.102. The highest BCUT2D eigenvalue weighted by Gasteiger charge is 2.09. The fourth-order valence-electron chi connectivity index (χ4n) is 1.76. The summed E-state index contributed by atoms with van der Waals surface area (Å²) in [6.45, 7) is 3.95. The average molecular weight is 285 g/mol. The summed E-state index contributed by atoms with van der Waals surface area (Å²) in [5.74, 6) is -0.222. The second-order valence-electron chi connectivity index (χ2n) is 4.56. The molecule has 100 valence electrons. The van der Waals surface area contributed by atoms with Crippen LogP contribution < -0.4 is 5.32 Å². The second-order valence-corrected chi connectivity index (χ2v) is 4.97. The Morgan fingerprint density at radius 1 is 1.15 bits per heavy atom. The van der Waals surface area contributed by atoms with Crippen LogP contribution in [0.3, 0.4) is 0 Å². The van der Waals surface area contributed by atoms with Gasteiger partial charge in [0.2, 0.25) is 0 Å². The van der Waals surface area contributed by atoms with Gasteiger partial charge in [-0.2, -0.15) is 5.26 Å². The highest BCUT2D eigenvalue weighted by Crippen LogP contribution is 2.23. The number of benzene rings is 2. The number of anilines is 1. The summed E-state index contributed by atoms with van der Waals surface area (Å²) in [6.07, 6.45) is 0. The molecule has 0 saturated carbocycles.